The van der Waals surface area contributed by atoms with Crippen molar-refractivity contribution in [2.45, 2.75) is 189 Å². The van der Waals surface area contributed by atoms with Crippen LogP contribution in [0.5, 0.6) is 0 Å². The molecule has 3 aliphatic rings. The SMILES string of the molecule is CCCCCCCCCCCCCCCNC[C@@H]1O[C@@H](O[C@H]2[C@H](O)[C@@H](O[C@H]3O[C@H](CN)[C@@H](O)C[C@H]3N)[C@H](N)C[C@@H]2N)[C@@H](O)[C@H](N)[C@H]1O. The van der Waals surface area contributed by atoms with E-state index in [-0.39, 0.29) is 19.4 Å². The normalized spacial score (nSPS) is 39.7. The number of ether oxygens (including phenoxy) is 4. The number of hydrogen-bond donors (Lipinski definition) is 10. The number of aliphatic hydroxyl groups excluding tert-OH is 4. The van der Waals surface area contributed by atoms with E-state index in [0.29, 0.717) is 6.54 Å². The van der Waals surface area contributed by atoms with Crippen molar-refractivity contribution >= 4 is 0 Å². The minimum absolute atomic E-state index is 0.0715. The van der Waals surface area contributed by atoms with Gasteiger partial charge in [-0.05, 0) is 25.8 Å². The molecule has 2 heterocycles. The maximum absolute atomic E-state index is 11.3. The summed E-state index contributed by atoms with van der Waals surface area (Å²) >= 11 is 0. The Labute approximate surface area is 281 Å². The average Bonchev–Trinajstić information content (AvgIpc) is 3.04. The molecule has 0 spiro atoms. The Balaban J connectivity index is 1.40. The lowest BCUT2D eigenvalue weighted by Gasteiger charge is -2.48. The van der Waals surface area contributed by atoms with Crippen LogP contribution in [0.1, 0.15) is 103 Å². The molecule has 1 aliphatic carbocycles. The second-order valence-electron chi connectivity index (χ2n) is 14.0. The summed E-state index contributed by atoms with van der Waals surface area (Å²) in [5.41, 5.74) is 30.7. The number of unbranched alkanes of at least 4 members (excludes halogenated alkanes) is 12. The molecule has 14 heteroatoms. The highest BCUT2D eigenvalue weighted by atomic mass is 16.7. The van der Waals surface area contributed by atoms with Gasteiger partial charge in [0.25, 0.3) is 0 Å². The lowest BCUT2D eigenvalue weighted by molar-refractivity contribution is -0.311. The van der Waals surface area contributed by atoms with E-state index in [1.54, 1.807) is 0 Å². The summed E-state index contributed by atoms with van der Waals surface area (Å²) in [6.45, 7) is 3.41. The Morgan fingerprint density at radius 2 is 1.13 bits per heavy atom. The molecule has 0 aromatic carbocycles. The van der Waals surface area contributed by atoms with Crippen molar-refractivity contribution in [3.8, 4) is 0 Å². The van der Waals surface area contributed by atoms with E-state index in [1.165, 1.54) is 70.6 Å². The van der Waals surface area contributed by atoms with E-state index in [0.717, 1.165) is 19.4 Å². The van der Waals surface area contributed by atoms with Crippen LogP contribution >= 0.6 is 0 Å². The summed E-state index contributed by atoms with van der Waals surface area (Å²) in [6.07, 6.45) is 6.94. The third kappa shape index (κ3) is 12.6. The first-order valence-corrected chi connectivity index (χ1v) is 18.4. The summed E-state index contributed by atoms with van der Waals surface area (Å²) in [7, 11) is 0. The van der Waals surface area contributed by atoms with Gasteiger partial charge < -0.3 is 73.4 Å². The average molecular weight is 677 g/mol. The summed E-state index contributed by atoms with van der Waals surface area (Å²) in [5, 5.41) is 46.3. The van der Waals surface area contributed by atoms with Crippen molar-refractivity contribution in [3.63, 3.8) is 0 Å². The van der Waals surface area contributed by atoms with E-state index < -0.39 is 85.6 Å². The second-order valence-corrected chi connectivity index (χ2v) is 14.0. The number of aliphatic hydroxyl groups is 4. The smallest absolute Gasteiger partial charge is 0.186 e. The van der Waals surface area contributed by atoms with E-state index in [1.807, 2.05) is 0 Å². The Morgan fingerprint density at radius 3 is 1.68 bits per heavy atom. The van der Waals surface area contributed by atoms with Gasteiger partial charge in [-0.15, -0.1) is 0 Å². The first kappa shape index (κ1) is 40.9. The Bertz CT molecular complexity index is 838. The molecule has 0 aromatic heterocycles. The van der Waals surface area contributed by atoms with Gasteiger partial charge in [0, 0.05) is 25.2 Å². The lowest BCUT2D eigenvalue weighted by atomic mass is 9.84. The highest BCUT2D eigenvalue weighted by molar-refractivity contribution is 5.01. The van der Waals surface area contributed by atoms with Crippen LogP contribution < -0.4 is 34.0 Å². The third-order valence-electron chi connectivity index (χ3n) is 10.0. The van der Waals surface area contributed by atoms with Crippen LogP contribution in [-0.2, 0) is 18.9 Å². The van der Waals surface area contributed by atoms with Gasteiger partial charge in [-0.1, -0.05) is 84.0 Å². The zero-order chi connectivity index (χ0) is 34.3. The molecule has 0 radical (unpaired) electrons. The summed E-state index contributed by atoms with van der Waals surface area (Å²) in [5.74, 6) is 0. The van der Waals surface area contributed by atoms with Gasteiger partial charge in [-0.25, -0.2) is 0 Å². The fraction of sp³-hybridized carbons (Fsp3) is 1.00. The number of hydrogen-bond acceptors (Lipinski definition) is 14. The van der Waals surface area contributed by atoms with Crippen LogP contribution in [-0.4, -0.2) is 126 Å². The molecule has 2 aliphatic heterocycles. The number of rotatable bonds is 21. The van der Waals surface area contributed by atoms with Crippen molar-refractivity contribution in [2.75, 3.05) is 19.6 Å². The molecule has 0 unspecified atom stereocenters. The maximum atomic E-state index is 11.3. The van der Waals surface area contributed by atoms with Crippen LogP contribution in [0.2, 0.25) is 0 Å². The van der Waals surface area contributed by atoms with Crippen LogP contribution in [0.25, 0.3) is 0 Å². The van der Waals surface area contributed by atoms with Gasteiger partial charge >= 0.3 is 0 Å². The minimum atomic E-state index is -1.36. The number of nitrogens with one attached hydrogen (secondary N) is 1. The summed E-state index contributed by atoms with van der Waals surface area (Å²) < 4.78 is 23.8. The zero-order valence-electron chi connectivity index (χ0n) is 28.6. The fourth-order valence-electron chi connectivity index (χ4n) is 6.96. The second kappa shape index (κ2) is 21.6. The highest BCUT2D eigenvalue weighted by Crippen LogP contribution is 2.31. The lowest BCUT2D eigenvalue weighted by Crippen LogP contribution is -2.68. The van der Waals surface area contributed by atoms with Gasteiger partial charge in [0.15, 0.2) is 12.6 Å². The predicted molar refractivity (Wildman–Crippen MR) is 180 cm³/mol. The molecular weight excluding hydrogens is 608 g/mol. The van der Waals surface area contributed by atoms with E-state index in [4.69, 9.17) is 47.6 Å². The van der Waals surface area contributed by atoms with Crippen molar-refractivity contribution in [1.29, 1.82) is 0 Å². The van der Waals surface area contributed by atoms with Gasteiger partial charge in [0.1, 0.15) is 30.5 Å². The van der Waals surface area contributed by atoms with Crippen molar-refractivity contribution in [2.24, 2.45) is 28.7 Å². The molecule has 14 nitrogen and oxygen atoms in total. The minimum Gasteiger partial charge on any atom is -0.390 e. The monoisotopic (exact) mass is 677 g/mol. The van der Waals surface area contributed by atoms with Crippen LogP contribution in [0.4, 0.5) is 0 Å². The molecule has 3 fully saturated rings. The van der Waals surface area contributed by atoms with Gasteiger partial charge in [0.2, 0.25) is 0 Å². The zero-order valence-corrected chi connectivity index (χ0v) is 28.6. The van der Waals surface area contributed by atoms with Crippen molar-refractivity contribution in [1.82, 2.24) is 5.32 Å². The fourth-order valence-corrected chi connectivity index (χ4v) is 6.96. The molecule has 14 atom stereocenters. The standard InChI is InChI=1S/C33H68N6O8/c1-2-3-4-5-6-7-8-9-10-11-12-13-14-15-39-19-25-27(41)26(38)28(42)33(45-25)47-31-21(36)16-20(35)30(29(31)43)46-32-22(37)17-23(40)24(18-34)44-32/h20-33,39-43H,2-19,34-38H2,1H3/t20-,21+,22-,23+,24-,25+,26-,27+,28+,29-,30+,31-,32-,33+/m1/s1. The first-order valence-electron chi connectivity index (χ1n) is 18.4. The van der Waals surface area contributed by atoms with Crippen molar-refractivity contribution in [3.05, 3.63) is 0 Å². The van der Waals surface area contributed by atoms with Crippen LogP contribution in [0, 0.1) is 0 Å². The molecule has 278 valence electrons. The maximum Gasteiger partial charge on any atom is 0.186 e. The molecule has 2 saturated heterocycles. The van der Waals surface area contributed by atoms with Crippen LogP contribution in [0.3, 0.4) is 0 Å². The van der Waals surface area contributed by atoms with Gasteiger partial charge in [-0.2, -0.15) is 0 Å². The van der Waals surface area contributed by atoms with E-state index in [9.17, 15) is 20.4 Å². The quantitative estimate of drug-likeness (QED) is 0.0681. The Kier molecular flexibility index (Phi) is 18.8. The molecule has 3 rings (SSSR count). The molecule has 15 N–H and O–H groups in total. The molecular formula is C33H68N6O8. The molecule has 0 bridgehead atoms. The summed E-state index contributed by atoms with van der Waals surface area (Å²) in [4.78, 5) is 0. The van der Waals surface area contributed by atoms with Crippen molar-refractivity contribution < 1.29 is 39.4 Å². The Morgan fingerprint density at radius 1 is 0.617 bits per heavy atom. The highest BCUT2D eigenvalue weighted by Gasteiger charge is 2.50. The van der Waals surface area contributed by atoms with Gasteiger partial charge in [0.05, 0.1) is 30.4 Å². The summed E-state index contributed by atoms with van der Waals surface area (Å²) in [6, 6.07) is -3.07. The van der Waals surface area contributed by atoms with Gasteiger partial charge in [-0.3, -0.25) is 0 Å². The predicted octanol–water partition coefficient (Wildman–Crippen LogP) is -0.607. The topological polar surface area (TPSA) is 260 Å². The number of nitrogens with two attached hydrogens (primary N) is 5. The Hall–Kier alpha value is -0.560. The van der Waals surface area contributed by atoms with Crippen LogP contribution in [0.15, 0.2) is 0 Å². The van der Waals surface area contributed by atoms with E-state index >= 15 is 0 Å². The largest absolute Gasteiger partial charge is 0.390 e. The third-order valence-corrected chi connectivity index (χ3v) is 10.0. The molecule has 0 amide bonds. The first-order chi connectivity index (χ1) is 22.6. The van der Waals surface area contributed by atoms with E-state index in [2.05, 4.69) is 12.2 Å². The molecule has 47 heavy (non-hydrogen) atoms. The molecule has 1 saturated carbocycles. The molecule has 0 aromatic rings.